The molecule has 3 N–H and O–H groups in total. The highest BCUT2D eigenvalue weighted by Crippen LogP contribution is 2.33. The minimum Gasteiger partial charge on any atom is -0.506 e. The zero-order valence-electron chi connectivity index (χ0n) is 16.1. The Labute approximate surface area is 175 Å². The van der Waals surface area contributed by atoms with Crippen LogP contribution in [0.2, 0.25) is 0 Å². The fourth-order valence-corrected chi connectivity index (χ4v) is 3.76. The van der Waals surface area contributed by atoms with E-state index < -0.39 is 0 Å². The minimum atomic E-state index is 0.0952. The van der Waals surface area contributed by atoms with Crippen molar-refractivity contribution in [1.82, 2.24) is 35.1 Å². The predicted molar refractivity (Wildman–Crippen MR) is 117 cm³/mol. The lowest BCUT2D eigenvalue weighted by Crippen LogP contribution is -1.85. The van der Waals surface area contributed by atoms with Crippen LogP contribution in [0.15, 0.2) is 73.6 Å². The van der Waals surface area contributed by atoms with E-state index in [1.165, 1.54) is 6.20 Å². The first-order chi connectivity index (χ1) is 15.3. The molecule has 6 rings (SSSR count). The van der Waals surface area contributed by atoms with Crippen molar-refractivity contribution in [2.75, 3.05) is 0 Å². The molecule has 0 saturated heterocycles. The Hall–Kier alpha value is -4.59. The Morgan fingerprint density at radius 3 is 2.52 bits per heavy atom. The molecule has 0 aromatic carbocycles. The summed E-state index contributed by atoms with van der Waals surface area (Å²) >= 11 is 0. The van der Waals surface area contributed by atoms with Gasteiger partial charge in [0, 0.05) is 52.2 Å². The van der Waals surface area contributed by atoms with Crippen LogP contribution in [0.5, 0.6) is 5.75 Å². The van der Waals surface area contributed by atoms with Gasteiger partial charge in [-0.1, -0.05) is 0 Å². The molecule has 0 unspecified atom stereocenters. The van der Waals surface area contributed by atoms with Crippen molar-refractivity contribution in [2.24, 2.45) is 0 Å². The first kappa shape index (κ1) is 17.3. The van der Waals surface area contributed by atoms with Gasteiger partial charge in [0.1, 0.15) is 11.4 Å². The second kappa shape index (κ2) is 6.74. The summed E-state index contributed by atoms with van der Waals surface area (Å²) in [6.45, 7) is 0. The third-order valence-electron chi connectivity index (χ3n) is 5.21. The molecule has 8 nitrogen and oxygen atoms in total. The molecule has 0 aliphatic carbocycles. The van der Waals surface area contributed by atoms with Crippen molar-refractivity contribution in [3.05, 3.63) is 73.6 Å². The van der Waals surface area contributed by atoms with Crippen LogP contribution < -0.4 is 0 Å². The second-order valence-corrected chi connectivity index (χ2v) is 7.16. The van der Waals surface area contributed by atoms with E-state index in [0.29, 0.717) is 5.69 Å². The lowest BCUT2D eigenvalue weighted by Gasteiger charge is -2.01. The van der Waals surface area contributed by atoms with E-state index in [2.05, 4.69) is 41.2 Å². The molecule has 31 heavy (non-hydrogen) atoms. The van der Waals surface area contributed by atoms with Gasteiger partial charge < -0.3 is 10.1 Å². The summed E-state index contributed by atoms with van der Waals surface area (Å²) < 4.78 is 0. The highest BCUT2D eigenvalue weighted by molar-refractivity contribution is 6.00. The van der Waals surface area contributed by atoms with Crippen LogP contribution in [-0.2, 0) is 0 Å². The lowest BCUT2D eigenvalue weighted by atomic mass is 10.1. The zero-order chi connectivity index (χ0) is 20.8. The third-order valence-corrected chi connectivity index (χ3v) is 5.21. The van der Waals surface area contributed by atoms with Gasteiger partial charge in [0.05, 0.1) is 35.0 Å². The smallest absolute Gasteiger partial charge is 0.134 e. The second-order valence-electron chi connectivity index (χ2n) is 7.16. The number of nitrogens with one attached hydrogen (secondary N) is 2. The van der Waals surface area contributed by atoms with Crippen molar-refractivity contribution >= 4 is 21.8 Å². The summed E-state index contributed by atoms with van der Waals surface area (Å²) in [5.74, 6) is 0.0952. The summed E-state index contributed by atoms with van der Waals surface area (Å²) in [4.78, 5) is 20.7. The largest absolute Gasteiger partial charge is 0.506 e. The number of hydrogen-bond donors (Lipinski definition) is 3. The van der Waals surface area contributed by atoms with Gasteiger partial charge in [-0.3, -0.25) is 25.0 Å². The fraction of sp³-hybridized carbons (Fsp3) is 0. The molecule has 0 fully saturated rings. The monoisotopic (exact) mass is 405 g/mol. The minimum absolute atomic E-state index is 0.0952. The molecule has 0 spiro atoms. The van der Waals surface area contributed by atoms with Gasteiger partial charge in [-0.2, -0.15) is 5.10 Å². The molecule has 0 aliphatic rings. The van der Waals surface area contributed by atoms with Crippen molar-refractivity contribution in [1.29, 1.82) is 0 Å². The van der Waals surface area contributed by atoms with Crippen LogP contribution in [0.1, 0.15) is 0 Å². The topological polar surface area (TPSA) is 116 Å². The first-order valence-electron chi connectivity index (χ1n) is 9.63. The van der Waals surface area contributed by atoms with Crippen LogP contribution in [0.3, 0.4) is 0 Å². The van der Waals surface area contributed by atoms with Crippen molar-refractivity contribution < 1.29 is 5.11 Å². The molecule has 6 heterocycles. The number of fused-ring (bicyclic) bond motifs is 2. The highest BCUT2D eigenvalue weighted by atomic mass is 16.3. The molecule has 6 aromatic heterocycles. The molecule has 6 aromatic rings. The summed E-state index contributed by atoms with van der Waals surface area (Å²) in [6.07, 6.45) is 10.1. The quantitative estimate of drug-likeness (QED) is 0.403. The van der Waals surface area contributed by atoms with E-state index in [1.54, 1.807) is 37.1 Å². The lowest BCUT2D eigenvalue weighted by molar-refractivity contribution is 0.473. The van der Waals surface area contributed by atoms with E-state index in [-0.39, 0.29) is 5.75 Å². The number of aromatic amines is 2. The predicted octanol–water partition coefficient (Wildman–Crippen LogP) is 4.33. The zero-order valence-corrected chi connectivity index (χ0v) is 16.1. The fourth-order valence-electron chi connectivity index (χ4n) is 3.76. The number of aromatic hydroxyl groups is 1. The van der Waals surface area contributed by atoms with E-state index in [4.69, 9.17) is 0 Å². The Balaban J connectivity index is 1.51. The maximum absolute atomic E-state index is 9.76. The summed E-state index contributed by atoms with van der Waals surface area (Å²) in [5.41, 5.74) is 6.67. The van der Waals surface area contributed by atoms with Gasteiger partial charge in [-0.15, -0.1) is 0 Å². The van der Waals surface area contributed by atoms with Gasteiger partial charge in [-0.25, -0.2) is 0 Å². The van der Waals surface area contributed by atoms with Crippen LogP contribution in [-0.4, -0.2) is 40.2 Å². The average Bonchev–Trinajstić information content (AvgIpc) is 3.43. The molecule has 0 atom stereocenters. The number of nitrogens with zero attached hydrogens (tertiary/aromatic N) is 5. The SMILES string of the molecule is Oc1cncc(-c2cc3c(-c4cc5c(-c6cccnc6)nccc5[nH]4)n[nH]c3cn2)c1. The molecular weight excluding hydrogens is 390 g/mol. The number of hydrogen-bond acceptors (Lipinski definition) is 6. The molecule has 0 aliphatic heterocycles. The Kier molecular flexibility index (Phi) is 3.76. The van der Waals surface area contributed by atoms with E-state index in [1.807, 2.05) is 24.3 Å². The normalized spacial score (nSPS) is 11.4. The van der Waals surface area contributed by atoms with E-state index in [0.717, 1.165) is 50.0 Å². The molecule has 0 bridgehead atoms. The molecule has 0 saturated carbocycles. The molecular formula is C23H15N7O. The van der Waals surface area contributed by atoms with Crippen LogP contribution in [0.25, 0.3) is 55.7 Å². The number of H-pyrrole nitrogens is 2. The van der Waals surface area contributed by atoms with Crippen molar-refractivity contribution in [3.8, 4) is 39.7 Å². The maximum atomic E-state index is 9.76. The standard InChI is InChI=1S/C23H15N7O/c31-15-6-14(10-25-11-15)19-7-17-21(12-27-19)29-30-23(17)20-8-16-18(28-20)3-5-26-22(16)13-2-1-4-24-9-13/h1-12,28,31H,(H,29,30). The van der Waals surface area contributed by atoms with Gasteiger partial charge in [0.15, 0.2) is 0 Å². The van der Waals surface area contributed by atoms with Crippen molar-refractivity contribution in [3.63, 3.8) is 0 Å². The molecule has 8 heteroatoms. The van der Waals surface area contributed by atoms with Crippen molar-refractivity contribution in [2.45, 2.75) is 0 Å². The van der Waals surface area contributed by atoms with Crippen LogP contribution in [0, 0.1) is 0 Å². The van der Waals surface area contributed by atoms with Crippen LogP contribution in [0.4, 0.5) is 0 Å². The average molecular weight is 405 g/mol. The molecule has 0 radical (unpaired) electrons. The summed E-state index contributed by atoms with van der Waals surface area (Å²) in [6, 6.07) is 11.5. The van der Waals surface area contributed by atoms with Gasteiger partial charge in [-0.05, 0) is 36.4 Å². The number of rotatable bonds is 3. The third kappa shape index (κ3) is 2.89. The van der Waals surface area contributed by atoms with Gasteiger partial charge >= 0.3 is 0 Å². The maximum Gasteiger partial charge on any atom is 0.134 e. The molecule has 0 amide bonds. The van der Waals surface area contributed by atoms with Crippen LogP contribution >= 0.6 is 0 Å². The number of aromatic nitrogens is 7. The van der Waals surface area contributed by atoms with Gasteiger partial charge in [0.2, 0.25) is 0 Å². The first-order valence-corrected chi connectivity index (χ1v) is 9.63. The van der Waals surface area contributed by atoms with Gasteiger partial charge in [0.25, 0.3) is 0 Å². The Bertz CT molecular complexity index is 1550. The van der Waals surface area contributed by atoms with E-state index >= 15 is 0 Å². The highest BCUT2D eigenvalue weighted by Gasteiger charge is 2.15. The number of pyridine rings is 4. The summed E-state index contributed by atoms with van der Waals surface area (Å²) in [5, 5.41) is 19.2. The Morgan fingerprint density at radius 2 is 1.65 bits per heavy atom. The van der Waals surface area contributed by atoms with E-state index in [9.17, 15) is 5.11 Å². The molecule has 148 valence electrons. The summed E-state index contributed by atoms with van der Waals surface area (Å²) in [7, 11) is 0. The Morgan fingerprint density at radius 1 is 0.742 bits per heavy atom.